The average Bonchev–Trinajstić information content (AvgIpc) is 2.31. The molecule has 0 bridgehead atoms. The molecule has 62 valence electrons. The zero-order valence-electron chi connectivity index (χ0n) is 6.04. The molecule has 0 amide bonds. The molecule has 2 N–H and O–H groups in total. The summed E-state index contributed by atoms with van der Waals surface area (Å²) in [4.78, 5) is 4.04. The number of thiazole rings is 1. The number of nitrogens with one attached hydrogen (secondary N) is 1. The summed E-state index contributed by atoms with van der Waals surface area (Å²) >= 11 is 4.81. The number of halogens is 1. The van der Waals surface area contributed by atoms with E-state index in [-0.39, 0.29) is 6.10 Å². The average molecular weight is 237 g/mol. The van der Waals surface area contributed by atoms with Crippen molar-refractivity contribution < 1.29 is 5.11 Å². The van der Waals surface area contributed by atoms with Gasteiger partial charge in [-0.2, -0.15) is 0 Å². The number of aliphatic hydroxyl groups is 1. The fourth-order valence-electron chi connectivity index (χ4n) is 0.571. The third kappa shape index (κ3) is 3.18. The van der Waals surface area contributed by atoms with Gasteiger partial charge in [0.25, 0.3) is 0 Å². The highest BCUT2D eigenvalue weighted by molar-refractivity contribution is 9.11. The largest absolute Gasteiger partial charge is 0.392 e. The van der Waals surface area contributed by atoms with Crippen LogP contribution in [0.4, 0.5) is 5.13 Å². The van der Waals surface area contributed by atoms with Gasteiger partial charge in [-0.25, -0.2) is 4.98 Å². The molecule has 0 aliphatic carbocycles. The van der Waals surface area contributed by atoms with Crippen LogP contribution in [0.15, 0.2) is 9.98 Å². The summed E-state index contributed by atoms with van der Waals surface area (Å²) < 4.78 is 0.991. The van der Waals surface area contributed by atoms with E-state index >= 15 is 0 Å². The maximum absolute atomic E-state index is 8.92. The van der Waals surface area contributed by atoms with Crippen LogP contribution in [-0.2, 0) is 0 Å². The molecule has 0 unspecified atom stereocenters. The molecule has 0 spiro atoms. The van der Waals surface area contributed by atoms with Crippen LogP contribution in [-0.4, -0.2) is 22.7 Å². The van der Waals surface area contributed by atoms with Gasteiger partial charge >= 0.3 is 0 Å². The van der Waals surface area contributed by atoms with E-state index in [0.29, 0.717) is 6.54 Å². The zero-order chi connectivity index (χ0) is 8.27. The molecule has 1 heterocycles. The minimum atomic E-state index is -0.335. The Balaban J connectivity index is 2.39. The van der Waals surface area contributed by atoms with Crippen molar-refractivity contribution in [2.75, 3.05) is 11.9 Å². The lowest BCUT2D eigenvalue weighted by Gasteiger charge is -2.03. The Hall–Kier alpha value is -0.130. The van der Waals surface area contributed by atoms with E-state index in [0.717, 1.165) is 8.92 Å². The Morgan fingerprint density at radius 1 is 1.91 bits per heavy atom. The minimum absolute atomic E-state index is 0.335. The normalized spacial score (nSPS) is 13.0. The Bertz CT molecular complexity index is 226. The van der Waals surface area contributed by atoms with Crippen molar-refractivity contribution in [3.63, 3.8) is 0 Å². The summed E-state index contributed by atoms with van der Waals surface area (Å²) in [5.74, 6) is 0. The highest BCUT2D eigenvalue weighted by Crippen LogP contribution is 2.22. The molecule has 3 nitrogen and oxygen atoms in total. The number of aromatic nitrogens is 1. The summed E-state index contributed by atoms with van der Waals surface area (Å²) in [6, 6.07) is 0. The predicted molar refractivity (Wildman–Crippen MR) is 50.0 cm³/mol. The van der Waals surface area contributed by atoms with Gasteiger partial charge in [0, 0.05) is 6.54 Å². The van der Waals surface area contributed by atoms with Gasteiger partial charge in [-0.15, -0.1) is 0 Å². The van der Waals surface area contributed by atoms with Crippen molar-refractivity contribution in [2.24, 2.45) is 0 Å². The first-order valence-corrected chi connectivity index (χ1v) is 4.82. The Kier molecular flexibility index (Phi) is 3.29. The Morgan fingerprint density at radius 3 is 3.09 bits per heavy atom. The lowest BCUT2D eigenvalue weighted by atomic mass is 10.4. The molecule has 0 saturated carbocycles. The summed E-state index contributed by atoms with van der Waals surface area (Å²) in [7, 11) is 0. The van der Waals surface area contributed by atoms with Gasteiger partial charge in [0.05, 0.1) is 16.1 Å². The summed E-state index contributed by atoms with van der Waals surface area (Å²) in [6.45, 7) is 2.27. The van der Waals surface area contributed by atoms with E-state index in [4.69, 9.17) is 5.11 Å². The van der Waals surface area contributed by atoms with E-state index in [1.54, 1.807) is 13.1 Å². The Morgan fingerprint density at radius 2 is 2.64 bits per heavy atom. The van der Waals surface area contributed by atoms with Gasteiger partial charge < -0.3 is 10.4 Å². The van der Waals surface area contributed by atoms with Crippen LogP contribution >= 0.6 is 27.3 Å². The highest BCUT2D eigenvalue weighted by Gasteiger charge is 1.99. The summed E-state index contributed by atoms with van der Waals surface area (Å²) in [5.41, 5.74) is 0. The second kappa shape index (κ2) is 4.04. The van der Waals surface area contributed by atoms with Crippen LogP contribution < -0.4 is 5.32 Å². The van der Waals surface area contributed by atoms with E-state index in [2.05, 4.69) is 26.2 Å². The topological polar surface area (TPSA) is 45.1 Å². The van der Waals surface area contributed by atoms with Gasteiger partial charge in [0.15, 0.2) is 5.13 Å². The van der Waals surface area contributed by atoms with Gasteiger partial charge in [0.1, 0.15) is 0 Å². The second-order valence-electron chi connectivity index (χ2n) is 2.20. The fraction of sp³-hybridized carbons (Fsp3) is 0.500. The highest BCUT2D eigenvalue weighted by atomic mass is 79.9. The van der Waals surface area contributed by atoms with E-state index in [9.17, 15) is 0 Å². The lowest BCUT2D eigenvalue weighted by molar-refractivity contribution is 0.208. The van der Waals surface area contributed by atoms with Gasteiger partial charge in [-0.05, 0) is 22.9 Å². The lowest BCUT2D eigenvalue weighted by Crippen LogP contribution is -2.14. The molecular formula is C6H9BrN2OS. The standard InChI is InChI=1S/C6H9BrN2OS/c1-4(10)2-8-6-9-3-5(7)11-6/h3-4,10H,2H2,1H3,(H,8,9)/t4-/m0/s1. The van der Waals surface area contributed by atoms with Crippen LogP contribution in [0.3, 0.4) is 0 Å². The molecule has 0 aromatic carbocycles. The molecule has 0 aliphatic heterocycles. The van der Waals surface area contributed by atoms with Crippen molar-refractivity contribution in [1.29, 1.82) is 0 Å². The number of nitrogens with zero attached hydrogens (tertiary/aromatic N) is 1. The quantitative estimate of drug-likeness (QED) is 0.840. The number of aliphatic hydroxyl groups excluding tert-OH is 1. The number of hydrogen-bond donors (Lipinski definition) is 2. The van der Waals surface area contributed by atoms with Gasteiger partial charge in [-0.3, -0.25) is 0 Å². The molecular weight excluding hydrogens is 228 g/mol. The van der Waals surface area contributed by atoms with E-state index < -0.39 is 0 Å². The molecule has 0 fully saturated rings. The van der Waals surface area contributed by atoms with Crippen molar-refractivity contribution >= 4 is 32.4 Å². The monoisotopic (exact) mass is 236 g/mol. The maximum atomic E-state index is 8.92. The van der Waals surface area contributed by atoms with E-state index in [1.807, 2.05) is 0 Å². The van der Waals surface area contributed by atoms with Crippen molar-refractivity contribution in [1.82, 2.24) is 4.98 Å². The smallest absolute Gasteiger partial charge is 0.183 e. The molecule has 1 rings (SSSR count). The summed E-state index contributed by atoms with van der Waals surface area (Å²) in [5, 5.41) is 12.7. The van der Waals surface area contributed by atoms with Crippen LogP contribution in [0.5, 0.6) is 0 Å². The first kappa shape index (κ1) is 8.96. The third-order valence-electron chi connectivity index (χ3n) is 1.03. The van der Waals surface area contributed by atoms with Crippen molar-refractivity contribution in [2.45, 2.75) is 13.0 Å². The van der Waals surface area contributed by atoms with Crippen molar-refractivity contribution in [3.05, 3.63) is 9.98 Å². The van der Waals surface area contributed by atoms with Crippen LogP contribution in [0.2, 0.25) is 0 Å². The number of anilines is 1. The first-order chi connectivity index (χ1) is 5.18. The SMILES string of the molecule is C[C@H](O)CNc1ncc(Br)s1. The Labute approximate surface area is 77.6 Å². The van der Waals surface area contributed by atoms with Crippen molar-refractivity contribution in [3.8, 4) is 0 Å². The molecule has 0 aliphatic rings. The number of rotatable bonds is 3. The van der Waals surface area contributed by atoms with Gasteiger partial charge in [0.2, 0.25) is 0 Å². The molecule has 1 aromatic heterocycles. The molecule has 0 saturated heterocycles. The van der Waals surface area contributed by atoms with E-state index in [1.165, 1.54) is 11.3 Å². The fourth-order valence-corrected chi connectivity index (χ4v) is 1.68. The molecule has 0 radical (unpaired) electrons. The van der Waals surface area contributed by atoms with Crippen LogP contribution in [0, 0.1) is 0 Å². The summed E-state index contributed by atoms with van der Waals surface area (Å²) in [6.07, 6.45) is 1.40. The maximum Gasteiger partial charge on any atom is 0.183 e. The predicted octanol–water partition coefficient (Wildman–Crippen LogP) is 1.70. The van der Waals surface area contributed by atoms with Crippen LogP contribution in [0.25, 0.3) is 0 Å². The molecule has 5 heteroatoms. The molecule has 1 aromatic rings. The minimum Gasteiger partial charge on any atom is -0.392 e. The molecule has 1 atom stereocenters. The van der Waals surface area contributed by atoms with Crippen LogP contribution in [0.1, 0.15) is 6.92 Å². The third-order valence-corrected chi connectivity index (χ3v) is 2.46. The first-order valence-electron chi connectivity index (χ1n) is 3.22. The zero-order valence-corrected chi connectivity index (χ0v) is 8.44. The number of hydrogen-bond acceptors (Lipinski definition) is 4. The second-order valence-corrected chi connectivity index (χ2v) is 4.61. The molecule has 11 heavy (non-hydrogen) atoms. The van der Waals surface area contributed by atoms with Gasteiger partial charge in [-0.1, -0.05) is 11.3 Å².